The summed E-state index contributed by atoms with van der Waals surface area (Å²) in [6.07, 6.45) is 9.76. The molecule has 5 heteroatoms. The smallest absolute Gasteiger partial charge is 0.178 e. The van der Waals surface area contributed by atoms with Crippen LogP contribution in [0.4, 0.5) is 0 Å². The van der Waals surface area contributed by atoms with Crippen LogP contribution in [-0.2, 0) is 16.3 Å². The minimum absolute atomic E-state index is 0.250. The first-order valence-corrected chi connectivity index (χ1v) is 15.9. The Kier molecular flexibility index (Phi) is 10.0. The number of rotatable bonds is 11. The molecule has 0 bridgehead atoms. The average Bonchev–Trinajstić information content (AvgIpc) is 2.90. The number of unbranched alkanes of at least 4 members (excludes halogenated alkanes) is 2. The van der Waals surface area contributed by atoms with Crippen LogP contribution in [0.15, 0.2) is 53.4 Å². The lowest BCUT2D eigenvalue weighted by Crippen LogP contribution is -2.33. The molecule has 0 amide bonds. The van der Waals surface area contributed by atoms with Gasteiger partial charge in [0.25, 0.3) is 0 Å². The Labute approximate surface area is 220 Å². The van der Waals surface area contributed by atoms with Gasteiger partial charge in [0.15, 0.2) is 9.84 Å². The van der Waals surface area contributed by atoms with E-state index in [2.05, 4.69) is 54.1 Å². The van der Waals surface area contributed by atoms with E-state index in [0.29, 0.717) is 16.7 Å². The molecular formula is C31H46N2O2S. The lowest BCUT2D eigenvalue weighted by molar-refractivity contribution is 0.213. The number of aryl methyl sites for hydroxylation is 1. The standard InChI is InChI=1S/C31H46N2O2S/c1-3-18-33-21-16-28(17-22-33)29-11-7-10-26(24-29)9-5-4-6-23-36(34,35)31-13-8-12-30(25-31)27-14-19-32(2)20-15-27/h7-8,10-13,24-25,27-28H,3-6,9,14-23H2,1-2H3. The van der Waals surface area contributed by atoms with E-state index in [1.807, 2.05) is 12.1 Å². The van der Waals surface area contributed by atoms with Crippen molar-refractivity contribution in [1.82, 2.24) is 9.80 Å². The van der Waals surface area contributed by atoms with Gasteiger partial charge < -0.3 is 9.80 Å². The van der Waals surface area contributed by atoms with E-state index in [-0.39, 0.29) is 5.75 Å². The van der Waals surface area contributed by atoms with Gasteiger partial charge in [-0.25, -0.2) is 8.42 Å². The lowest BCUT2D eigenvalue weighted by atomic mass is 9.88. The van der Waals surface area contributed by atoms with Crippen LogP contribution >= 0.6 is 0 Å². The number of benzene rings is 2. The van der Waals surface area contributed by atoms with Crippen LogP contribution in [-0.4, -0.2) is 63.7 Å². The fourth-order valence-electron chi connectivity index (χ4n) is 6.03. The summed E-state index contributed by atoms with van der Waals surface area (Å²) in [5, 5.41) is 0. The molecule has 2 heterocycles. The molecule has 0 aliphatic carbocycles. The van der Waals surface area contributed by atoms with Gasteiger partial charge in [-0.1, -0.05) is 49.7 Å². The summed E-state index contributed by atoms with van der Waals surface area (Å²) in [5.41, 5.74) is 4.09. The molecule has 198 valence electrons. The molecule has 0 radical (unpaired) electrons. The Morgan fingerprint density at radius 3 is 2.14 bits per heavy atom. The van der Waals surface area contributed by atoms with Gasteiger partial charge in [-0.15, -0.1) is 0 Å². The van der Waals surface area contributed by atoms with Gasteiger partial charge >= 0.3 is 0 Å². The number of nitrogens with zero attached hydrogens (tertiary/aromatic N) is 2. The second-order valence-corrected chi connectivity index (χ2v) is 13.2. The van der Waals surface area contributed by atoms with Crippen molar-refractivity contribution in [3.8, 4) is 0 Å². The van der Waals surface area contributed by atoms with Crippen molar-refractivity contribution in [3.05, 3.63) is 65.2 Å². The second kappa shape index (κ2) is 13.2. The summed E-state index contributed by atoms with van der Waals surface area (Å²) in [4.78, 5) is 5.46. The molecule has 2 aliphatic rings. The Morgan fingerprint density at radius 2 is 1.44 bits per heavy atom. The zero-order valence-corrected chi connectivity index (χ0v) is 23.3. The van der Waals surface area contributed by atoms with Crippen molar-refractivity contribution in [2.45, 2.75) is 81.4 Å². The fraction of sp³-hybridized carbons (Fsp3) is 0.613. The van der Waals surface area contributed by atoms with Gasteiger partial charge in [-0.2, -0.15) is 0 Å². The summed E-state index contributed by atoms with van der Waals surface area (Å²) in [6, 6.07) is 16.9. The third kappa shape index (κ3) is 7.66. The first-order chi connectivity index (χ1) is 17.4. The van der Waals surface area contributed by atoms with Crippen LogP contribution in [0.1, 0.15) is 86.8 Å². The van der Waals surface area contributed by atoms with E-state index in [1.165, 1.54) is 55.6 Å². The zero-order valence-electron chi connectivity index (χ0n) is 22.5. The van der Waals surface area contributed by atoms with Crippen molar-refractivity contribution >= 4 is 9.84 Å². The van der Waals surface area contributed by atoms with Gasteiger partial charge in [-0.05, 0) is 132 Å². The SMILES string of the molecule is CCCN1CCC(c2cccc(CCCCCS(=O)(=O)c3cccc(C4CCN(C)CC4)c3)c2)CC1. The third-order valence-electron chi connectivity index (χ3n) is 8.34. The first kappa shape index (κ1) is 27.3. The molecule has 2 saturated heterocycles. The molecule has 36 heavy (non-hydrogen) atoms. The topological polar surface area (TPSA) is 40.6 Å². The molecule has 2 fully saturated rings. The van der Waals surface area contributed by atoms with Crippen LogP contribution in [0, 0.1) is 0 Å². The molecule has 2 aliphatic heterocycles. The fourth-order valence-corrected chi connectivity index (χ4v) is 7.45. The number of piperidine rings is 2. The lowest BCUT2D eigenvalue weighted by Gasteiger charge is -2.32. The Hall–Kier alpha value is -1.69. The normalized spacial score (nSPS) is 19.1. The summed E-state index contributed by atoms with van der Waals surface area (Å²) >= 11 is 0. The molecule has 0 aromatic heterocycles. The Bertz CT molecular complexity index is 1050. The van der Waals surface area contributed by atoms with E-state index in [1.54, 1.807) is 6.07 Å². The van der Waals surface area contributed by atoms with Gasteiger partial charge in [0.2, 0.25) is 0 Å². The Morgan fingerprint density at radius 1 is 0.806 bits per heavy atom. The number of sulfone groups is 1. The monoisotopic (exact) mass is 510 g/mol. The molecule has 4 rings (SSSR count). The number of likely N-dealkylation sites (tertiary alicyclic amines) is 2. The number of hydrogen-bond donors (Lipinski definition) is 0. The van der Waals surface area contributed by atoms with E-state index in [0.717, 1.165) is 51.6 Å². The first-order valence-electron chi connectivity index (χ1n) is 14.3. The maximum absolute atomic E-state index is 13.0. The third-order valence-corrected chi connectivity index (χ3v) is 10.1. The minimum Gasteiger partial charge on any atom is -0.306 e. The highest BCUT2D eigenvalue weighted by atomic mass is 32.2. The predicted molar refractivity (Wildman–Crippen MR) is 151 cm³/mol. The molecular weight excluding hydrogens is 464 g/mol. The van der Waals surface area contributed by atoms with Crippen LogP contribution in [0.25, 0.3) is 0 Å². The van der Waals surface area contributed by atoms with E-state index in [4.69, 9.17) is 0 Å². The molecule has 4 nitrogen and oxygen atoms in total. The van der Waals surface area contributed by atoms with Gasteiger partial charge in [0.1, 0.15) is 0 Å². The van der Waals surface area contributed by atoms with Crippen LogP contribution in [0.2, 0.25) is 0 Å². The van der Waals surface area contributed by atoms with Crippen LogP contribution < -0.4 is 0 Å². The molecule has 0 spiro atoms. The molecule has 2 aromatic rings. The van der Waals surface area contributed by atoms with Gasteiger partial charge in [0, 0.05) is 0 Å². The van der Waals surface area contributed by atoms with Crippen molar-refractivity contribution in [3.63, 3.8) is 0 Å². The largest absolute Gasteiger partial charge is 0.306 e. The van der Waals surface area contributed by atoms with Crippen molar-refractivity contribution < 1.29 is 8.42 Å². The van der Waals surface area contributed by atoms with E-state index in [9.17, 15) is 8.42 Å². The maximum Gasteiger partial charge on any atom is 0.178 e. The highest BCUT2D eigenvalue weighted by Gasteiger charge is 2.22. The molecule has 0 N–H and O–H groups in total. The van der Waals surface area contributed by atoms with Crippen molar-refractivity contribution in [2.75, 3.05) is 45.5 Å². The highest BCUT2D eigenvalue weighted by molar-refractivity contribution is 7.91. The van der Waals surface area contributed by atoms with Gasteiger partial charge in [-0.3, -0.25) is 0 Å². The highest BCUT2D eigenvalue weighted by Crippen LogP contribution is 2.30. The maximum atomic E-state index is 13.0. The molecule has 0 saturated carbocycles. The zero-order chi connectivity index (χ0) is 25.4. The summed E-state index contributed by atoms with van der Waals surface area (Å²) in [5.74, 6) is 1.42. The Balaban J connectivity index is 1.22. The quantitative estimate of drug-likeness (QED) is 0.334. The summed E-state index contributed by atoms with van der Waals surface area (Å²) < 4.78 is 26.0. The minimum atomic E-state index is -3.22. The molecule has 0 atom stereocenters. The van der Waals surface area contributed by atoms with E-state index < -0.39 is 9.84 Å². The predicted octanol–water partition coefficient (Wildman–Crippen LogP) is 6.27. The van der Waals surface area contributed by atoms with E-state index >= 15 is 0 Å². The summed E-state index contributed by atoms with van der Waals surface area (Å²) in [7, 11) is -1.06. The van der Waals surface area contributed by atoms with Crippen LogP contribution in [0.3, 0.4) is 0 Å². The van der Waals surface area contributed by atoms with Crippen LogP contribution in [0.5, 0.6) is 0 Å². The second-order valence-electron chi connectivity index (χ2n) is 11.1. The molecule has 2 aromatic carbocycles. The van der Waals surface area contributed by atoms with Crippen molar-refractivity contribution in [1.29, 1.82) is 0 Å². The molecule has 0 unspecified atom stereocenters. The van der Waals surface area contributed by atoms with Crippen molar-refractivity contribution in [2.24, 2.45) is 0 Å². The number of hydrogen-bond acceptors (Lipinski definition) is 4. The summed E-state index contributed by atoms with van der Waals surface area (Å²) in [6.45, 7) is 8.10. The average molecular weight is 511 g/mol. The van der Waals surface area contributed by atoms with Gasteiger partial charge in [0.05, 0.1) is 10.6 Å².